The number of nitrogens with zero attached hydrogens (tertiary/aromatic N) is 1. The molecule has 1 heterocycles. The van der Waals surface area contributed by atoms with Gasteiger partial charge in [-0.15, -0.1) is 0 Å². The molecular formula is C12H16FNO. The number of anilines is 1. The van der Waals surface area contributed by atoms with Gasteiger partial charge in [-0.1, -0.05) is 0 Å². The van der Waals surface area contributed by atoms with Gasteiger partial charge in [0.1, 0.15) is 5.82 Å². The average Bonchev–Trinajstić information content (AvgIpc) is 2.25. The zero-order valence-electron chi connectivity index (χ0n) is 9.00. The summed E-state index contributed by atoms with van der Waals surface area (Å²) in [4.78, 5) is 2.27. The molecule has 0 radical (unpaired) electrons. The summed E-state index contributed by atoms with van der Waals surface area (Å²) in [6.07, 6.45) is 2.08. The van der Waals surface area contributed by atoms with E-state index < -0.39 is 0 Å². The molecule has 0 unspecified atom stereocenters. The molecule has 3 heteroatoms. The Labute approximate surface area is 89.7 Å². The Hall–Kier alpha value is -1.09. The van der Waals surface area contributed by atoms with Crippen molar-refractivity contribution in [1.82, 2.24) is 0 Å². The topological polar surface area (TPSA) is 12.5 Å². The van der Waals surface area contributed by atoms with Gasteiger partial charge in [-0.25, -0.2) is 4.39 Å². The fraction of sp³-hybridized carbons (Fsp3) is 0.500. The Balaban J connectivity index is 2.18. The molecule has 1 aromatic carbocycles. The van der Waals surface area contributed by atoms with Gasteiger partial charge in [0, 0.05) is 25.9 Å². The normalized spacial score (nSPS) is 15.2. The van der Waals surface area contributed by atoms with Crippen molar-refractivity contribution in [3.63, 3.8) is 0 Å². The summed E-state index contributed by atoms with van der Waals surface area (Å²) >= 11 is 0. The van der Waals surface area contributed by atoms with E-state index >= 15 is 0 Å². The molecular weight excluding hydrogens is 193 g/mol. The minimum atomic E-state index is -0.137. The highest BCUT2D eigenvalue weighted by atomic mass is 19.1. The number of ether oxygens (including phenoxy) is 1. The van der Waals surface area contributed by atoms with Crippen LogP contribution in [0.4, 0.5) is 10.1 Å². The molecule has 0 saturated heterocycles. The molecule has 0 aromatic heterocycles. The monoisotopic (exact) mass is 209 g/mol. The minimum Gasteiger partial charge on any atom is -0.383 e. The maximum absolute atomic E-state index is 13.0. The van der Waals surface area contributed by atoms with Crippen molar-refractivity contribution in [2.24, 2.45) is 0 Å². The SMILES string of the molecule is COCCN1CCCc2cc(F)ccc21. The van der Waals surface area contributed by atoms with E-state index in [1.807, 2.05) is 6.07 Å². The number of rotatable bonds is 3. The van der Waals surface area contributed by atoms with Crippen LogP contribution in [-0.4, -0.2) is 26.8 Å². The Morgan fingerprint density at radius 3 is 3.13 bits per heavy atom. The lowest BCUT2D eigenvalue weighted by Gasteiger charge is -2.31. The molecule has 2 rings (SSSR count). The first-order chi connectivity index (χ1) is 7.31. The van der Waals surface area contributed by atoms with Crippen molar-refractivity contribution < 1.29 is 9.13 Å². The van der Waals surface area contributed by atoms with Gasteiger partial charge in [-0.05, 0) is 36.6 Å². The van der Waals surface area contributed by atoms with E-state index in [9.17, 15) is 4.39 Å². The van der Waals surface area contributed by atoms with E-state index in [0.717, 1.165) is 38.1 Å². The van der Waals surface area contributed by atoms with E-state index in [2.05, 4.69) is 4.90 Å². The highest BCUT2D eigenvalue weighted by molar-refractivity contribution is 5.55. The second-order valence-electron chi connectivity index (χ2n) is 3.86. The summed E-state index contributed by atoms with van der Waals surface area (Å²) < 4.78 is 18.1. The summed E-state index contributed by atoms with van der Waals surface area (Å²) in [7, 11) is 1.70. The zero-order valence-corrected chi connectivity index (χ0v) is 9.00. The minimum absolute atomic E-state index is 0.137. The number of methoxy groups -OCH3 is 1. The van der Waals surface area contributed by atoms with Crippen molar-refractivity contribution in [2.45, 2.75) is 12.8 Å². The van der Waals surface area contributed by atoms with Gasteiger partial charge in [0.2, 0.25) is 0 Å². The predicted molar refractivity (Wildman–Crippen MR) is 58.8 cm³/mol. The van der Waals surface area contributed by atoms with E-state index in [4.69, 9.17) is 4.74 Å². The molecule has 0 bridgehead atoms. The van der Waals surface area contributed by atoms with Crippen molar-refractivity contribution in [1.29, 1.82) is 0 Å². The summed E-state index contributed by atoms with van der Waals surface area (Å²) in [5.74, 6) is -0.137. The summed E-state index contributed by atoms with van der Waals surface area (Å²) in [6.45, 7) is 2.65. The molecule has 1 aliphatic rings. The van der Waals surface area contributed by atoms with Crippen LogP contribution in [0.3, 0.4) is 0 Å². The van der Waals surface area contributed by atoms with Crippen LogP contribution in [0.5, 0.6) is 0 Å². The van der Waals surface area contributed by atoms with E-state index in [-0.39, 0.29) is 5.82 Å². The van der Waals surface area contributed by atoms with Gasteiger partial charge in [-0.3, -0.25) is 0 Å². The summed E-state index contributed by atoms with van der Waals surface area (Å²) in [5.41, 5.74) is 2.29. The zero-order chi connectivity index (χ0) is 10.7. The molecule has 0 amide bonds. The fourth-order valence-electron chi connectivity index (χ4n) is 2.08. The summed E-state index contributed by atoms with van der Waals surface area (Å²) in [5, 5.41) is 0. The van der Waals surface area contributed by atoms with Gasteiger partial charge >= 0.3 is 0 Å². The quantitative estimate of drug-likeness (QED) is 0.757. The number of benzene rings is 1. The van der Waals surface area contributed by atoms with Crippen LogP contribution in [0.2, 0.25) is 0 Å². The van der Waals surface area contributed by atoms with Gasteiger partial charge in [0.05, 0.1) is 6.61 Å². The van der Waals surface area contributed by atoms with Crippen LogP contribution in [0.25, 0.3) is 0 Å². The molecule has 15 heavy (non-hydrogen) atoms. The van der Waals surface area contributed by atoms with Gasteiger partial charge < -0.3 is 9.64 Å². The van der Waals surface area contributed by atoms with E-state index in [1.54, 1.807) is 13.2 Å². The van der Waals surface area contributed by atoms with E-state index in [0.29, 0.717) is 0 Å². The highest BCUT2D eigenvalue weighted by Crippen LogP contribution is 2.27. The Bertz CT molecular complexity index is 340. The number of hydrogen-bond acceptors (Lipinski definition) is 2. The smallest absolute Gasteiger partial charge is 0.123 e. The maximum Gasteiger partial charge on any atom is 0.123 e. The largest absolute Gasteiger partial charge is 0.383 e. The van der Waals surface area contributed by atoms with Gasteiger partial charge in [-0.2, -0.15) is 0 Å². The third kappa shape index (κ3) is 2.29. The number of hydrogen-bond donors (Lipinski definition) is 0. The lowest BCUT2D eigenvalue weighted by molar-refractivity contribution is 0.205. The third-order valence-corrected chi connectivity index (χ3v) is 2.82. The standard InChI is InChI=1S/C12H16FNO/c1-15-8-7-14-6-2-3-10-9-11(13)4-5-12(10)14/h4-5,9H,2-3,6-8H2,1H3. The van der Waals surface area contributed by atoms with Crippen LogP contribution in [0, 0.1) is 5.82 Å². The molecule has 1 aromatic rings. The molecule has 1 aliphatic heterocycles. The van der Waals surface area contributed by atoms with Crippen molar-refractivity contribution in [3.8, 4) is 0 Å². The molecule has 0 aliphatic carbocycles. The number of fused-ring (bicyclic) bond motifs is 1. The van der Waals surface area contributed by atoms with Crippen molar-refractivity contribution in [2.75, 3.05) is 31.7 Å². The molecule has 0 N–H and O–H groups in total. The average molecular weight is 209 g/mol. The lowest BCUT2D eigenvalue weighted by atomic mass is 10.0. The summed E-state index contributed by atoms with van der Waals surface area (Å²) in [6, 6.07) is 5.05. The van der Waals surface area contributed by atoms with Crippen LogP contribution in [0.15, 0.2) is 18.2 Å². The first-order valence-corrected chi connectivity index (χ1v) is 5.33. The predicted octanol–water partition coefficient (Wildman–Crippen LogP) is 2.22. The molecule has 0 fully saturated rings. The van der Waals surface area contributed by atoms with Crippen LogP contribution < -0.4 is 4.90 Å². The molecule has 0 atom stereocenters. The van der Waals surface area contributed by atoms with Crippen LogP contribution in [0.1, 0.15) is 12.0 Å². The number of aryl methyl sites for hydroxylation is 1. The van der Waals surface area contributed by atoms with Crippen LogP contribution >= 0.6 is 0 Å². The molecule has 0 saturated carbocycles. The maximum atomic E-state index is 13.0. The Morgan fingerprint density at radius 2 is 2.33 bits per heavy atom. The number of halogens is 1. The Morgan fingerprint density at radius 1 is 1.47 bits per heavy atom. The van der Waals surface area contributed by atoms with Crippen LogP contribution in [-0.2, 0) is 11.2 Å². The fourth-order valence-corrected chi connectivity index (χ4v) is 2.08. The van der Waals surface area contributed by atoms with Crippen molar-refractivity contribution >= 4 is 5.69 Å². The second-order valence-corrected chi connectivity index (χ2v) is 3.86. The first-order valence-electron chi connectivity index (χ1n) is 5.33. The van der Waals surface area contributed by atoms with Crippen molar-refractivity contribution in [3.05, 3.63) is 29.6 Å². The van der Waals surface area contributed by atoms with E-state index in [1.165, 1.54) is 11.8 Å². The Kier molecular flexibility index (Phi) is 3.21. The molecule has 0 spiro atoms. The lowest BCUT2D eigenvalue weighted by Crippen LogP contribution is -2.32. The second kappa shape index (κ2) is 4.62. The van der Waals surface area contributed by atoms with Gasteiger partial charge in [0.25, 0.3) is 0 Å². The van der Waals surface area contributed by atoms with Gasteiger partial charge in [0.15, 0.2) is 0 Å². The first kappa shape index (κ1) is 10.4. The third-order valence-electron chi connectivity index (χ3n) is 2.82. The highest BCUT2D eigenvalue weighted by Gasteiger charge is 2.16. The molecule has 2 nitrogen and oxygen atoms in total. The molecule has 82 valence electrons.